The molecule has 0 N–H and O–H groups in total. The van der Waals surface area contributed by atoms with Crippen molar-refractivity contribution in [2.24, 2.45) is 5.92 Å². The molecule has 1 saturated heterocycles. The average molecular weight is 513 g/mol. The van der Waals surface area contributed by atoms with E-state index in [0.29, 0.717) is 64.2 Å². The van der Waals surface area contributed by atoms with Crippen LogP contribution in [0.4, 0.5) is 0 Å². The van der Waals surface area contributed by atoms with Gasteiger partial charge in [0.2, 0.25) is 18.3 Å². The first-order valence-electron chi connectivity index (χ1n) is 12.2. The molecule has 37 heavy (non-hydrogen) atoms. The van der Waals surface area contributed by atoms with Crippen molar-refractivity contribution in [1.29, 1.82) is 0 Å². The van der Waals surface area contributed by atoms with Crippen LogP contribution < -0.4 is 28.4 Å². The first-order valence-corrected chi connectivity index (χ1v) is 12.2. The number of epoxide rings is 1. The molecule has 9 heteroatoms. The van der Waals surface area contributed by atoms with Crippen molar-refractivity contribution in [3.05, 3.63) is 34.9 Å². The highest BCUT2D eigenvalue weighted by molar-refractivity contribution is 5.91. The van der Waals surface area contributed by atoms with Gasteiger partial charge in [-0.25, -0.2) is 4.79 Å². The van der Waals surface area contributed by atoms with Gasteiger partial charge in [-0.1, -0.05) is 13.0 Å². The number of fused-ring (bicyclic) bond motifs is 4. The number of hydrogen-bond acceptors (Lipinski definition) is 9. The predicted octanol–water partition coefficient (Wildman–Crippen LogP) is 4.63. The standard InChI is InChI=1S/C28H32O9/c1-8-14(2)27(29)37-26-17-11-18(30-4)22(31-5)25(33-7)21(17)20-16(9-15(3)28(26)12-36-28)10-19-23(24(20)32-6)35-13-34-19/h8,10-11,15,26H,9,12-13H2,1-7H3/b14-8+/t15-,26+,28+/m0/s1. The minimum absolute atomic E-state index is 0.0210. The minimum Gasteiger partial charge on any atom is -0.493 e. The lowest BCUT2D eigenvalue weighted by Crippen LogP contribution is -2.36. The maximum Gasteiger partial charge on any atom is 0.334 e. The van der Waals surface area contributed by atoms with Crippen molar-refractivity contribution in [1.82, 2.24) is 0 Å². The minimum atomic E-state index is -0.753. The van der Waals surface area contributed by atoms with Crippen LogP contribution in [0.1, 0.15) is 38.0 Å². The van der Waals surface area contributed by atoms with Crippen LogP contribution in [0.15, 0.2) is 23.8 Å². The molecule has 5 rings (SSSR count). The van der Waals surface area contributed by atoms with Crippen LogP contribution in [0.3, 0.4) is 0 Å². The van der Waals surface area contributed by atoms with Gasteiger partial charge in [0, 0.05) is 22.3 Å². The fourth-order valence-electron chi connectivity index (χ4n) is 5.36. The summed E-state index contributed by atoms with van der Waals surface area (Å²) in [6.07, 6.45) is 1.58. The van der Waals surface area contributed by atoms with E-state index in [4.69, 9.17) is 37.9 Å². The molecule has 0 amide bonds. The number of ether oxygens (including phenoxy) is 8. The van der Waals surface area contributed by atoms with Gasteiger partial charge in [0.05, 0.1) is 35.0 Å². The summed E-state index contributed by atoms with van der Waals surface area (Å²) in [5.74, 6) is 2.45. The van der Waals surface area contributed by atoms with E-state index in [1.54, 1.807) is 48.4 Å². The van der Waals surface area contributed by atoms with Gasteiger partial charge in [-0.15, -0.1) is 0 Å². The molecule has 9 nitrogen and oxygen atoms in total. The first kappa shape index (κ1) is 25.1. The van der Waals surface area contributed by atoms with Gasteiger partial charge in [-0.2, -0.15) is 0 Å². The summed E-state index contributed by atoms with van der Waals surface area (Å²) >= 11 is 0. The van der Waals surface area contributed by atoms with Gasteiger partial charge < -0.3 is 37.9 Å². The summed E-state index contributed by atoms with van der Waals surface area (Å²) < 4.78 is 47.2. The maximum absolute atomic E-state index is 13.1. The van der Waals surface area contributed by atoms with E-state index >= 15 is 0 Å². The number of allylic oxidation sites excluding steroid dienone is 1. The van der Waals surface area contributed by atoms with E-state index in [2.05, 4.69) is 6.92 Å². The molecule has 0 unspecified atom stereocenters. The number of methoxy groups -OCH3 is 4. The van der Waals surface area contributed by atoms with Gasteiger partial charge in [-0.05, 0) is 43.9 Å². The van der Waals surface area contributed by atoms with Crippen molar-refractivity contribution in [2.45, 2.75) is 38.9 Å². The zero-order valence-corrected chi connectivity index (χ0v) is 22.2. The normalized spacial score (nSPS) is 23.4. The summed E-state index contributed by atoms with van der Waals surface area (Å²) in [7, 11) is 6.25. The molecule has 0 bridgehead atoms. The zero-order chi connectivity index (χ0) is 26.5. The Hall–Kier alpha value is -3.59. The third kappa shape index (κ3) is 3.75. The Labute approximate surface area is 216 Å². The van der Waals surface area contributed by atoms with Crippen molar-refractivity contribution in [2.75, 3.05) is 41.8 Å². The fourth-order valence-corrected chi connectivity index (χ4v) is 5.36. The Morgan fingerprint density at radius 1 is 1.00 bits per heavy atom. The Morgan fingerprint density at radius 3 is 2.30 bits per heavy atom. The van der Waals surface area contributed by atoms with Gasteiger partial charge >= 0.3 is 5.97 Å². The van der Waals surface area contributed by atoms with Crippen LogP contribution in [0, 0.1) is 5.92 Å². The predicted molar refractivity (Wildman–Crippen MR) is 134 cm³/mol. The highest BCUT2D eigenvalue weighted by Crippen LogP contribution is 2.61. The van der Waals surface area contributed by atoms with Crippen molar-refractivity contribution in [3.8, 4) is 45.6 Å². The molecule has 3 aliphatic rings. The van der Waals surface area contributed by atoms with Gasteiger partial charge in [0.25, 0.3) is 0 Å². The summed E-state index contributed by atoms with van der Waals surface area (Å²) in [4.78, 5) is 13.1. The van der Waals surface area contributed by atoms with E-state index in [1.165, 1.54) is 0 Å². The van der Waals surface area contributed by atoms with Crippen LogP contribution in [0.5, 0.6) is 34.5 Å². The average Bonchev–Trinajstić information content (AvgIpc) is 3.59. The third-order valence-electron chi connectivity index (χ3n) is 7.56. The van der Waals surface area contributed by atoms with Crippen LogP contribution in [0.25, 0.3) is 11.1 Å². The van der Waals surface area contributed by atoms with Crippen LogP contribution in [0.2, 0.25) is 0 Å². The summed E-state index contributed by atoms with van der Waals surface area (Å²) in [5.41, 5.74) is 2.80. The first-order chi connectivity index (χ1) is 17.8. The fraction of sp³-hybridized carbons (Fsp3) is 0.464. The lowest BCUT2D eigenvalue weighted by Gasteiger charge is -2.35. The molecular weight excluding hydrogens is 480 g/mol. The van der Waals surface area contributed by atoms with Crippen LogP contribution in [-0.2, 0) is 20.7 Å². The highest BCUT2D eigenvalue weighted by Gasteiger charge is 2.60. The monoisotopic (exact) mass is 512 g/mol. The van der Waals surface area contributed by atoms with E-state index in [0.717, 1.165) is 11.1 Å². The smallest absolute Gasteiger partial charge is 0.334 e. The van der Waals surface area contributed by atoms with E-state index in [1.807, 2.05) is 12.1 Å². The number of carbonyl (C=O) groups is 1. The number of rotatable bonds is 6. The Balaban J connectivity index is 1.89. The molecule has 0 radical (unpaired) electrons. The zero-order valence-electron chi connectivity index (χ0n) is 22.2. The molecule has 198 valence electrons. The number of hydrogen-bond donors (Lipinski definition) is 0. The second-order valence-electron chi connectivity index (χ2n) is 9.39. The largest absolute Gasteiger partial charge is 0.493 e. The van der Waals surface area contributed by atoms with Crippen LogP contribution in [-0.4, -0.2) is 53.4 Å². The molecular formula is C28H32O9. The maximum atomic E-state index is 13.1. The van der Waals surface area contributed by atoms with Crippen molar-refractivity contribution in [3.63, 3.8) is 0 Å². The van der Waals surface area contributed by atoms with Gasteiger partial charge in [-0.3, -0.25) is 0 Å². The van der Waals surface area contributed by atoms with Gasteiger partial charge in [0.15, 0.2) is 29.1 Å². The van der Waals surface area contributed by atoms with E-state index in [9.17, 15) is 4.79 Å². The van der Waals surface area contributed by atoms with Crippen LogP contribution >= 0.6 is 0 Å². The molecule has 1 aliphatic carbocycles. The number of benzene rings is 2. The van der Waals surface area contributed by atoms with Gasteiger partial charge in [0.1, 0.15) is 5.60 Å². The van der Waals surface area contributed by atoms with E-state index in [-0.39, 0.29) is 12.7 Å². The lowest BCUT2D eigenvalue weighted by molar-refractivity contribution is -0.150. The molecule has 1 spiro atoms. The number of esters is 1. The van der Waals surface area contributed by atoms with E-state index < -0.39 is 17.7 Å². The second kappa shape index (κ2) is 9.37. The highest BCUT2D eigenvalue weighted by atomic mass is 16.7. The Morgan fingerprint density at radius 2 is 1.70 bits per heavy atom. The molecule has 2 heterocycles. The summed E-state index contributed by atoms with van der Waals surface area (Å²) in [6, 6.07) is 3.80. The van der Waals surface area contributed by atoms with Crippen molar-refractivity contribution >= 4 is 5.97 Å². The summed E-state index contributed by atoms with van der Waals surface area (Å²) in [5, 5.41) is 0. The molecule has 0 aromatic heterocycles. The molecule has 2 aromatic rings. The summed E-state index contributed by atoms with van der Waals surface area (Å²) in [6.45, 7) is 6.16. The van der Waals surface area contributed by atoms with Crippen molar-refractivity contribution < 1.29 is 42.7 Å². The SMILES string of the molecule is C/C=C(\C)C(=O)O[C@@H]1c2cc(OC)c(OC)c(OC)c2-c2c(cc3c(c2OC)OCO3)C[C@H](C)[C@]12CO2. The Bertz CT molecular complexity index is 1280. The topological polar surface area (TPSA) is 94.2 Å². The Kier molecular flexibility index (Phi) is 6.35. The molecule has 3 atom stereocenters. The number of carbonyl (C=O) groups excluding carboxylic acids is 1. The second-order valence-corrected chi connectivity index (χ2v) is 9.39. The third-order valence-corrected chi connectivity index (χ3v) is 7.56. The lowest BCUT2D eigenvalue weighted by atomic mass is 9.75. The molecule has 2 aromatic carbocycles. The molecule has 2 aliphatic heterocycles. The molecule has 1 fully saturated rings. The quantitative estimate of drug-likeness (QED) is 0.312. The molecule has 0 saturated carbocycles.